The number of rotatable bonds is 10. The van der Waals surface area contributed by atoms with E-state index in [1.807, 2.05) is 30.3 Å². The van der Waals surface area contributed by atoms with Gasteiger partial charge in [-0.05, 0) is 80.0 Å². The minimum absolute atomic E-state index is 0.0811. The quantitative estimate of drug-likeness (QED) is 0.357. The zero-order valence-electron chi connectivity index (χ0n) is 25.3. The monoisotopic (exact) mass is 584 g/mol. The van der Waals surface area contributed by atoms with Crippen molar-refractivity contribution >= 4 is 11.8 Å². The predicted octanol–water partition coefficient (Wildman–Crippen LogP) is 4.77. The number of nitrogens with one attached hydrogen (secondary N) is 1. The van der Waals surface area contributed by atoms with E-state index >= 15 is 0 Å². The van der Waals surface area contributed by atoms with Gasteiger partial charge in [-0.25, -0.2) is 0 Å². The Bertz CT molecular complexity index is 1360. The molecule has 8 heteroatoms. The first-order chi connectivity index (χ1) is 20.9. The van der Waals surface area contributed by atoms with Crippen molar-refractivity contribution in [3.63, 3.8) is 0 Å². The molecule has 0 aromatic heterocycles. The topological polar surface area (TPSA) is 97.1 Å². The number of benzene rings is 3. The van der Waals surface area contributed by atoms with Gasteiger partial charge in [-0.1, -0.05) is 48.5 Å². The molecule has 1 aliphatic heterocycles. The number of nitrogens with zero attached hydrogens (tertiary/aromatic N) is 2. The highest BCUT2D eigenvalue weighted by Gasteiger charge is 2.39. The maximum Gasteiger partial charge on any atom is 0.254 e. The molecule has 2 aliphatic rings. The van der Waals surface area contributed by atoms with Crippen LogP contribution in [0.15, 0.2) is 78.9 Å². The van der Waals surface area contributed by atoms with Crippen molar-refractivity contribution in [2.45, 2.75) is 75.8 Å². The molecule has 1 heterocycles. The fourth-order valence-corrected chi connectivity index (χ4v) is 6.39. The summed E-state index contributed by atoms with van der Waals surface area (Å²) in [6, 6.07) is 25.5. The lowest BCUT2D eigenvalue weighted by Gasteiger charge is -2.43. The van der Waals surface area contributed by atoms with Crippen molar-refractivity contribution < 1.29 is 19.1 Å². The highest BCUT2D eigenvalue weighted by Crippen LogP contribution is 2.29. The summed E-state index contributed by atoms with van der Waals surface area (Å²) in [5, 5.41) is 3.29. The molecule has 1 aliphatic carbocycles. The normalized spacial score (nSPS) is 22.2. The predicted molar refractivity (Wildman–Crippen MR) is 168 cm³/mol. The summed E-state index contributed by atoms with van der Waals surface area (Å²) in [6.07, 6.45) is 4.83. The van der Waals surface area contributed by atoms with Crippen LogP contribution in [-0.4, -0.2) is 66.5 Å². The second-order valence-electron chi connectivity index (χ2n) is 11.8. The molecule has 5 rings (SSSR count). The molecule has 3 aromatic rings. The van der Waals surface area contributed by atoms with Crippen molar-refractivity contribution in [3.8, 4) is 11.5 Å². The van der Waals surface area contributed by atoms with Gasteiger partial charge in [0.05, 0.1) is 14.2 Å². The zero-order chi connectivity index (χ0) is 30.2. The molecule has 0 radical (unpaired) electrons. The number of nitrogens with two attached hydrogens (primary N) is 1. The first-order valence-electron chi connectivity index (χ1n) is 15.4. The Kier molecular flexibility index (Phi) is 10.3. The number of piperidine rings is 1. The van der Waals surface area contributed by atoms with Gasteiger partial charge in [-0.3, -0.25) is 14.5 Å². The summed E-state index contributed by atoms with van der Waals surface area (Å²) < 4.78 is 10.9. The van der Waals surface area contributed by atoms with Gasteiger partial charge in [0, 0.05) is 43.3 Å². The Morgan fingerprint density at radius 1 is 0.837 bits per heavy atom. The summed E-state index contributed by atoms with van der Waals surface area (Å²) in [7, 11) is 3.27. The Hall–Kier alpha value is -3.88. The van der Waals surface area contributed by atoms with E-state index in [2.05, 4.69) is 46.6 Å². The van der Waals surface area contributed by atoms with Crippen LogP contribution in [0.2, 0.25) is 0 Å². The molecule has 3 N–H and O–H groups in total. The van der Waals surface area contributed by atoms with E-state index in [1.165, 1.54) is 5.56 Å². The van der Waals surface area contributed by atoms with Gasteiger partial charge in [0.1, 0.15) is 17.5 Å². The van der Waals surface area contributed by atoms with Crippen LogP contribution in [-0.2, 0) is 17.9 Å². The standard InChI is InChI=1S/C35H44N4O4/c1-42-31-12-6-10-26(20-31)24-38(23-25-8-4-3-5-9-25)30-18-19-39(35(41)27-11-7-13-32(21-27)43-2)33(22-30)34(40)37-29-16-14-28(36)15-17-29/h3-13,20-21,28-30,33H,14-19,22-24,36H2,1-2H3,(H,37,40)/t28?,29?,30?,33-/m1/s1. The molecular formula is C35H44N4O4. The van der Waals surface area contributed by atoms with E-state index in [-0.39, 0.29) is 29.9 Å². The number of likely N-dealkylation sites (tertiary alicyclic amines) is 1. The van der Waals surface area contributed by atoms with Gasteiger partial charge in [-0.15, -0.1) is 0 Å². The third-order valence-electron chi connectivity index (χ3n) is 8.84. The molecule has 1 saturated heterocycles. The molecule has 228 valence electrons. The fourth-order valence-electron chi connectivity index (χ4n) is 6.39. The van der Waals surface area contributed by atoms with E-state index < -0.39 is 6.04 Å². The number of carbonyl (C=O) groups is 2. The maximum atomic E-state index is 14.0. The third-order valence-corrected chi connectivity index (χ3v) is 8.84. The van der Waals surface area contributed by atoms with E-state index in [4.69, 9.17) is 15.2 Å². The molecular weight excluding hydrogens is 540 g/mol. The molecule has 1 saturated carbocycles. The molecule has 3 aromatic carbocycles. The summed E-state index contributed by atoms with van der Waals surface area (Å²) in [5.74, 6) is 1.21. The molecule has 2 amide bonds. The molecule has 2 fully saturated rings. The first-order valence-corrected chi connectivity index (χ1v) is 15.4. The summed E-state index contributed by atoms with van der Waals surface area (Å²) in [5.41, 5.74) is 9.00. The van der Waals surface area contributed by atoms with Gasteiger partial charge >= 0.3 is 0 Å². The number of amides is 2. The van der Waals surface area contributed by atoms with Crippen molar-refractivity contribution in [1.29, 1.82) is 0 Å². The number of hydrogen-bond donors (Lipinski definition) is 2. The summed E-state index contributed by atoms with van der Waals surface area (Å²) in [4.78, 5) is 32.1. The largest absolute Gasteiger partial charge is 0.497 e. The van der Waals surface area contributed by atoms with E-state index in [9.17, 15) is 9.59 Å². The summed E-state index contributed by atoms with van der Waals surface area (Å²) in [6.45, 7) is 1.93. The lowest BCUT2D eigenvalue weighted by atomic mass is 9.90. The number of ether oxygens (including phenoxy) is 2. The van der Waals surface area contributed by atoms with Crippen LogP contribution in [0.5, 0.6) is 11.5 Å². The highest BCUT2D eigenvalue weighted by molar-refractivity contribution is 5.98. The average molecular weight is 585 g/mol. The van der Waals surface area contributed by atoms with Crippen LogP contribution < -0.4 is 20.5 Å². The smallest absolute Gasteiger partial charge is 0.254 e. The Morgan fingerprint density at radius 2 is 1.49 bits per heavy atom. The van der Waals surface area contributed by atoms with Gasteiger partial charge in [0.2, 0.25) is 5.91 Å². The van der Waals surface area contributed by atoms with Crippen molar-refractivity contribution in [2.24, 2.45) is 5.73 Å². The minimum Gasteiger partial charge on any atom is -0.497 e. The number of hydrogen-bond acceptors (Lipinski definition) is 6. The van der Waals surface area contributed by atoms with E-state index in [0.717, 1.165) is 50.0 Å². The maximum absolute atomic E-state index is 14.0. The molecule has 43 heavy (non-hydrogen) atoms. The molecule has 2 atom stereocenters. The highest BCUT2D eigenvalue weighted by atomic mass is 16.5. The molecule has 0 bridgehead atoms. The van der Waals surface area contributed by atoms with Crippen LogP contribution >= 0.6 is 0 Å². The fraction of sp³-hybridized carbons (Fsp3) is 0.429. The van der Waals surface area contributed by atoms with Crippen molar-refractivity contribution in [1.82, 2.24) is 15.1 Å². The van der Waals surface area contributed by atoms with Crippen LogP contribution in [0.4, 0.5) is 0 Å². The SMILES string of the molecule is COc1cccc(CN(Cc2ccccc2)C2CCN(C(=O)c3cccc(OC)c3)[C@@H](C(=O)NC3CCC(N)CC3)C2)c1. The Labute approximate surface area is 255 Å². The van der Waals surface area contributed by atoms with Crippen LogP contribution in [0, 0.1) is 0 Å². The van der Waals surface area contributed by atoms with Gasteiger partial charge in [0.25, 0.3) is 5.91 Å². The lowest BCUT2D eigenvalue weighted by molar-refractivity contribution is -0.128. The zero-order valence-corrected chi connectivity index (χ0v) is 25.3. The Balaban J connectivity index is 1.41. The number of methoxy groups -OCH3 is 2. The van der Waals surface area contributed by atoms with Crippen LogP contribution in [0.25, 0.3) is 0 Å². The first kappa shape index (κ1) is 30.6. The lowest BCUT2D eigenvalue weighted by Crippen LogP contribution is -2.58. The molecule has 8 nitrogen and oxygen atoms in total. The van der Waals surface area contributed by atoms with Crippen LogP contribution in [0.3, 0.4) is 0 Å². The van der Waals surface area contributed by atoms with Crippen molar-refractivity contribution in [3.05, 3.63) is 95.6 Å². The van der Waals surface area contributed by atoms with E-state index in [0.29, 0.717) is 30.8 Å². The second-order valence-corrected chi connectivity index (χ2v) is 11.8. The van der Waals surface area contributed by atoms with Crippen LogP contribution in [0.1, 0.15) is 60.0 Å². The summed E-state index contributed by atoms with van der Waals surface area (Å²) >= 11 is 0. The Morgan fingerprint density at radius 3 is 2.21 bits per heavy atom. The molecule has 1 unspecified atom stereocenters. The van der Waals surface area contributed by atoms with Gasteiger partial charge in [0.15, 0.2) is 0 Å². The van der Waals surface area contributed by atoms with E-state index in [1.54, 1.807) is 31.3 Å². The number of carbonyl (C=O) groups excluding carboxylic acids is 2. The van der Waals surface area contributed by atoms with Gasteiger partial charge in [-0.2, -0.15) is 0 Å². The second kappa shape index (κ2) is 14.5. The minimum atomic E-state index is -0.586. The molecule has 0 spiro atoms. The van der Waals surface area contributed by atoms with Crippen molar-refractivity contribution in [2.75, 3.05) is 20.8 Å². The third kappa shape index (κ3) is 7.94. The van der Waals surface area contributed by atoms with Gasteiger partial charge < -0.3 is 25.4 Å². The average Bonchev–Trinajstić information content (AvgIpc) is 3.05.